The third-order valence-corrected chi connectivity index (χ3v) is 5.42. The van der Waals surface area contributed by atoms with Crippen molar-refractivity contribution in [3.8, 4) is 16.9 Å². The first kappa shape index (κ1) is 18.4. The van der Waals surface area contributed by atoms with Crippen LogP contribution in [0.3, 0.4) is 0 Å². The zero-order valence-corrected chi connectivity index (χ0v) is 16.7. The number of benzene rings is 2. The monoisotopic (exact) mass is 397 g/mol. The van der Waals surface area contributed by atoms with Gasteiger partial charge >= 0.3 is 0 Å². The van der Waals surface area contributed by atoms with Gasteiger partial charge in [0.15, 0.2) is 0 Å². The average Bonchev–Trinajstić information content (AvgIpc) is 3.36. The molecule has 1 atom stereocenters. The van der Waals surface area contributed by atoms with Crippen molar-refractivity contribution < 1.29 is 4.74 Å². The van der Waals surface area contributed by atoms with Crippen LogP contribution >= 0.6 is 0 Å². The van der Waals surface area contributed by atoms with E-state index in [1.54, 1.807) is 6.20 Å². The van der Waals surface area contributed by atoms with E-state index in [0.29, 0.717) is 12.4 Å². The molecule has 6 nitrogen and oxygen atoms in total. The van der Waals surface area contributed by atoms with Gasteiger partial charge in [-0.2, -0.15) is 5.10 Å². The van der Waals surface area contributed by atoms with Gasteiger partial charge in [0.25, 0.3) is 0 Å². The van der Waals surface area contributed by atoms with Crippen LogP contribution in [0.2, 0.25) is 0 Å². The number of H-pyrrole nitrogens is 2. The number of aromatic amines is 2. The van der Waals surface area contributed by atoms with E-state index in [9.17, 15) is 0 Å². The fourth-order valence-electron chi connectivity index (χ4n) is 3.83. The lowest BCUT2D eigenvalue weighted by atomic mass is 10.0. The molecular formula is C24H23N5O. The molecule has 0 saturated carbocycles. The van der Waals surface area contributed by atoms with Gasteiger partial charge in [-0.15, -0.1) is 0 Å². The molecule has 0 amide bonds. The van der Waals surface area contributed by atoms with Crippen molar-refractivity contribution in [3.63, 3.8) is 0 Å². The Kier molecular flexibility index (Phi) is 4.69. The van der Waals surface area contributed by atoms with E-state index in [1.807, 2.05) is 43.6 Å². The Morgan fingerprint density at radius 3 is 2.83 bits per heavy atom. The maximum Gasteiger partial charge on any atom is 0.138 e. The van der Waals surface area contributed by atoms with Crippen LogP contribution in [0.15, 0.2) is 67.1 Å². The van der Waals surface area contributed by atoms with Crippen molar-refractivity contribution in [3.05, 3.63) is 78.4 Å². The third kappa shape index (κ3) is 3.53. The lowest BCUT2D eigenvalue weighted by Crippen LogP contribution is -2.30. The van der Waals surface area contributed by atoms with Gasteiger partial charge in [-0.1, -0.05) is 24.3 Å². The second-order valence-corrected chi connectivity index (χ2v) is 7.61. The zero-order chi connectivity index (χ0) is 20.5. The molecule has 30 heavy (non-hydrogen) atoms. The van der Waals surface area contributed by atoms with Crippen molar-refractivity contribution in [1.82, 2.24) is 20.2 Å². The Bertz CT molecular complexity index is 1320. The molecule has 6 heteroatoms. The van der Waals surface area contributed by atoms with Gasteiger partial charge in [0.05, 0.1) is 17.4 Å². The highest BCUT2D eigenvalue weighted by atomic mass is 16.5. The normalized spacial score (nSPS) is 12.5. The minimum absolute atomic E-state index is 0.113. The zero-order valence-electron chi connectivity index (χ0n) is 16.7. The minimum atomic E-state index is -0.113. The van der Waals surface area contributed by atoms with Crippen LogP contribution in [0.25, 0.3) is 32.9 Å². The summed E-state index contributed by atoms with van der Waals surface area (Å²) in [5.41, 5.74) is 12.8. The number of rotatable bonds is 6. The lowest BCUT2D eigenvalue weighted by Gasteiger charge is -2.13. The highest BCUT2D eigenvalue weighted by Crippen LogP contribution is 2.27. The predicted octanol–water partition coefficient (Wildman–Crippen LogP) is 4.36. The standard InChI is InChI=1S/C24H23N5O/c1-15-22-10-16(6-7-24(22)29-28-15)17-9-20(13-26-11-17)30-14-19(25)8-18-12-27-23-5-3-2-4-21(18)23/h2-7,9-13,19,27H,8,14,25H2,1H3,(H,28,29)/t19-/m1/s1. The number of aryl methyl sites for hydroxylation is 1. The number of pyridine rings is 1. The lowest BCUT2D eigenvalue weighted by molar-refractivity contribution is 0.287. The van der Waals surface area contributed by atoms with Crippen molar-refractivity contribution in [1.29, 1.82) is 0 Å². The summed E-state index contributed by atoms with van der Waals surface area (Å²) in [4.78, 5) is 7.65. The molecule has 0 bridgehead atoms. The topological polar surface area (TPSA) is 92.6 Å². The highest BCUT2D eigenvalue weighted by Gasteiger charge is 2.11. The summed E-state index contributed by atoms with van der Waals surface area (Å²) in [7, 11) is 0. The molecule has 0 aliphatic rings. The summed E-state index contributed by atoms with van der Waals surface area (Å²) in [6, 6.07) is 16.4. The van der Waals surface area contributed by atoms with Crippen LogP contribution in [0.4, 0.5) is 0 Å². The van der Waals surface area contributed by atoms with Gasteiger partial charge in [-0.25, -0.2) is 0 Å². The SMILES string of the molecule is Cc1n[nH]c2ccc(-c3cncc(OC[C@H](N)Cc4c[nH]c5ccccc45)c3)cc12. The Morgan fingerprint density at radius 2 is 1.90 bits per heavy atom. The second kappa shape index (κ2) is 7.65. The molecule has 0 aliphatic carbocycles. The van der Waals surface area contributed by atoms with E-state index < -0.39 is 0 Å². The van der Waals surface area contributed by atoms with E-state index in [0.717, 1.165) is 39.7 Å². The van der Waals surface area contributed by atoms with Crippen molar-refractivity contribution in [2.24, 2.45) is 5.73 Å². The maximum absolute atomic E-state index is 6.35. The van der Waals surface area contributed by atoms with E-state index >= 15 is 0 Å². The van der Waals surface area contributed by atoms with E-state index in [-0.39, 0.29) is 6.04 Å². The van der Waals surface area contributed by atoms with Gasteiger partial charge in [-0.3, -0.25) is 10.1 Å². The Labute approximate surface area is 174 Å². The number of fused-ring (bicyclic) bond motifs is 2. The summed E-state index contributed by atoms with van der Waals surface area (Å²) in [6.45, 7) is 2.42. The summed E-state index contributed by atoms with van der Waals surface area (Å²) in [6.07, 6.45) is 6.34. The molecule has 0 radical (unpaired) electrons. The number of nitrogens with zero attached hydrogens (tertiary/aromatic N) is 2. The molecule has 5 aromatic rings. The molecule has 5 rings (SSSR count). The van der Waals surface area contributed by atoms with Crippen LogP contribution in [-0.4, -0.2) is 32.8 Å². The molecule has 4 N–H and O–H groups in total. The molecule has 0 unspecified atom stereocenters. The summed E-state index contributed by atoms with van der Waals surface area (Å²) in [5.74, 6) is 0.714. The van der Waals surface area contributed by atoms with Crippen LogP contribution in [-0.2, 0) is 6.42 Å². The molecule has 0 aliphatic heterocycles. The number of nitrogens with one attached hydrogen (secondary N) is 2. The third-order valence-electron chi connectivity index (χ3n) is 5.42. The number of aromatic nitrogens is 4. The average molecular weight is 397 g/mol. The van der Waals surface area contributed by atoms with Crippen LogP contribution in [0.5, 0.6) is 5.75 Å². The molecule has 0 spiro atoms. The highest BCUT2D eigenvalue weighted by molar-refractivity contribution is 5.86. The molecule has 3 heterocycles. The van der Waals surface area contributed by atoms with E-state index in [4.69, 9.17) is 10.5 Å². The van der Waals surface area contributed by atoms with Crippen molar-refractivity contribution in [2.45, 2.75) is 19.4 Å². The molecular weight excluding hydrogens is 374 g/mol. The molecule has 150 valence electrons. The van der Waals surface area contributed by atoms with Gasteiger partial charge in [0.1, 0.15) is 12.4 Å². The number of para-hydroxylation sites is 1. The first-order chi connectivity index (χ1) is 14.7. The van der Waals surface area contributed by atoms with Crippen LogP contribution in [0, 0.1) is 6.92 Å². The van der Waals surface area contributed by atoms with Gasteiger partial charge < -0.3 is 15.5 Å². The summed E-state index contributed by atoms with van der Waals surface area (Å²) in [5, 5.41) is 9.62. The van der Waals surface area contributed by atoms with Crippen molar-refractivity contribution in [2.75, 3.05) is 6.61 Å². The maximum atomic E-state index is 6.35. The van der Waals surface area contributed by atoms with Crippen LogP contribution in [0.1, 0.15) is 11.3 Å². The smallest absolute Gasteiger partial charge is 0.138 e. The first-order valence-corrected chi connectivity index (χ1v) is 10.0. The quantitative estimate of drug-likeness (QED) is 0.397. The number of ether oxygens (including phenoxy) is 1. The van der Waals surface area contributed by atoms with Gasteiger partial charge in [0.2, 0.25) is 0 Å². The van der Waals surface area contributed by atoms with E-state index in [1.165, 1.54) is 10.9 Å². The Hall–Kier alpha value is -3.64. The molecule has 0 fully saturated rings. The number of nitrogens with two attached hydrogens (primary N) is 1. The fourth-order valence-corrected chi connectivity index (χ4v) is 3.83. The Balaban J connectivity index is 1.29. The number of hydrogen-bond acceptors (Lipinski definition) is 4. The molecule has 0 saturated heterocycles. The largest absolute Gasteiger partial charge is 0.490 e. The predicted molar refractivity (Wildman–Crippen MR) is 120 cm³/mol. The van der Waals surface area contributed by atoms with Crippen LogP contribution < -0.4 is 10.5 Å². The molecule has 2 aromatic carbocycles. The molecule has 3 aromatic heterocycles. The van der Waals surface area contributed by atoms with Crippen molar-refractivity contribution >= 4 is 21.8 Å². The number of hydrogen-bond donors (Lipinski definition) is 3. The first-order valence-electron chi connectivity index (χ1n) is 10.0. The Morgan fingerprint density at radius 1 is 1.00 bits per heavy atom. The summed E-state index contributed by atoms with van der Waals surface area (Å²) < 4.78 is 5.97. The summed E-state index contributed by atoms with van der Waals surface area (Å²) >= 11 is 0. The fraction of sp³-hybridized carbons (Fsp3) is 0.167. The van der Waals surface area contributed by atoms with Gasteiger partial charge in [-0.05, 0) is 48.7 Å². The van der Waals surface area contributed by atoms with E-state index in [2.05, 4.69) is 44.4 Å². The second-order valence-electron chi connectivity index (χ2n) is 7.61. The minimum Gasteiger partial charge on any atom is -0.490 e. The van der Waals surface area contributed by atoms with Gasteiger partial charge in [0, 0.05) is 40.3 Å².